The number of nitrogens with zero attached hydrogens (tertiary/aromatic N) is 1. The van der Waals surface area contributed by atoms with E-state index >= 15 is 0 Å². The number of thiophene rings is 1. The van der Waals surface area contributed by atoms with Crippen LogP contribution in [0.1, 0.15) is 21.3 Å². The minimum Gasteiger partial charge on any atom is -0.328 e. The van der Waals surface area contributed by atoms with Crippen LogP contribution in [0.3, 0.4) is 0 Å². The van der Waals surface area contributed by atoms with Crippen LogP contribution in [0.25, 0.3) is 0 Å². The van der Waals surface area contributed by atoms with Gasteiger partial charge in [0.2, 0.25) is 0 Å². The third-order valence-electron chi connectivity index (χ3n) is 3.52. The number of nitrogens with one attached hydrogen (secondary N) is 1. The quantitative estimate of drug-likeness (QED) is 0.919. The first-order chi connectivity index (χ1) is 10.1. The van der Waals surface area contributed by atoms with Crippen molar-refractivity contribution in [2.45, 2.75) is 6.04 Å². The normalized spacial score (nSPS) is 18.8. The summed E-state index contributed by atoms with van der Waals surface area (Å²) in [6, 6.07) is 9.71. The molecule has 1 aliphatic heterocycles. The molecule has 1 saturated heterocycles. The van der Waals surface area contributed by atoms with Crippen molar-refractivity contribution in [3.05, 3.63) is 57.0 Å². The molecule has 2 aromatic rings. The summed E-state index contributed by atoms with van der Waals surface area (Å²) in [7, 11) is 0. The van der Waals surface area contributed by atoms with Gasteiger partial charge in [-0.25, -0.2) is 4.39 Å². The average molecular weight is 325 g/mol. The monoisotopic (exact) mass is 324 g/mol. The highest BCUT2D eigenvalue weighted by Crippen LogP contribution is 2.28. The maximum atomic E-state index is 13.4. The molecule has 3 rings (SSSR count). The predicted molar refractivity (Wildman–Crippen MR) is 82.4 cm³/mol. The number of carbonyl (C=O) groups excluding carboxylic acids is 1. The van der Waals surface area contributed by atoms with Crippen LogP contribution < -0.4 is 5.32 Å². The van der Waals surface area contributed by atoms with Crippen LogP contribution in [-0.2, 0) is 0 Å². The molecule has 0 radical (unpaired) electrons. The fourth-order valence-electron chi connectivity index (χ4n) is 2.53. The lowest BCUT2D eigenvalue weighted by atomic mass is 10.0. The lowest BCUT2D eigenvalue weighted by Crippen LogP contribution is -2.48. The molecule has 0 bridgehead atoms. The smallest absolute Gasteiger partial charge is 0.264 e. The fraction of sp³-hybridized carbons (Fsp3) is 0.267. The summed E-state index contributed by atoms with van der Waals surface area (Å²) in [5.74, 6) is -0.340. The molecule has 1 aliphatic rings. The highest BCUT2D eigenvalue weighted by atomic mass is 35.5. The third kappa shape index (κ3) is 3.10. The summed E-state index contributed by atoms with van der Waals surface area (Å²) in [5.41, 5.74) is 0.804. The number of rotatable bonds is 2. The van der Waals surface area contributed by atoms with E-state index in [1.165, 1.54) is 23.5 Å². The number of hydrogen-bond acceptors (Lipinski definition) is 3. The molecule has 0 aliphatic carbocycles. The number of piperazine rings is 1. The Labute approximate surface area is 131 Å². The van der Waals surface area contributed by atoms with Crippen molar-refractivity contribution in [1.29, 1.82) is 0 Å². The van der Waals surface area contributed by atoms with Gasteiger partial charge in [0.1, 0.15) is 5.82 Å². The maximum Gasteiger partial charge on any atom is 0.264 e. The van der Waals surface area contributed by atoms with E-state index in [-0.39, 0.29) is 17.8 Å². The lowest BCUT2D eigenvalue weighted by Gasteiger charge is -2.36. The van der Waals surface area contributed by atoms with E-state index in [9.17, 15) is 9.18 Å². The van der Waals surface area contributed by atoms with Gasteiger partial charge < -0.3 is 10.2 Å². The molecule has 1 unspecified atom stereocenters. The number of hydrogen-bond donors (Lipinski definition) is 1. The first kappa shape index (κ1) is 14.5. The van der Waals surface area contributed by atoms with E-state index < -0.39 is 0 Å². The van der Waals surface area contributed by atoms with Crippen LogP contribution in [0, 0.1) is 5.82 Å². The SMILES string of the molecule is O=C(c1ccc(Cl)s1)N1CCNCC1c1cccc(F)c1. The standard InChI is InChI=1S/C15H14ClFN2OS/c16-14-5-4-13(21-14)15(20)19-7-6-18-9-12(19)10-2-1-3-11(17)8-10/h1-5,8,12,18H,6-7,9H2. The Bertz CT molecular complexity index is 661. The highest BCUT2D eigenvalue weighted by Gasteiger charge is 2.29. The largest absolute Gasteiger partial charge is 0.328 e. The summed E-state index contributed by atoms with van der Waals surface area (Å²) in [6.45, 7) is 1.94. The Hall–Kier alpha value is -1.43. The predicted octanol–water partition coefficient (Wildman–Crippen LogP) is 3.33. The molecule has 1 aromatic carbocycles. The molecule has 2 heterocycles. The van der Waals surface area contributed by atoms with Gasteiger partial charge in [0, 0.05) is 19.6 Å². The van der Waals surface area contributed by atoms with Crippen LogP contribution in [0.5, 0.6) is 0 Å². The molecule has 6 heteroatoms. The fourth-order valence-corrected chi connectivity index (χ4v) is 3.53. The van der Waals surface area contributed by atoms with E-state index in [1.807, 2.05) is 6.07 Å². The van der Waals surface area contributed by atoms with Crippen molar-refractivity contribution in [3.8, 4) is 0 Å². The molecule has 0 saturated carbocycles. The molecule has 1 aromatic heterocycles. The van der Waals surface area contributed by atoms with E-state index in [1.54, 1.807) is 23.1 Å². The van der Waals surface area contributed by atoms with Gasteiger partial charge in [0.05, 0.1) is 15.3 Å². The average Bonchev–Trinajstić information content (AvgIpc) is 2.93. The number of amides is 1. The molecule has 21 heavy (non-hydrogen) atoms. The molecule has 1 amide bonds. The number of carbonyl (C=O) groups is 1. The summed E-state index contributed by atoms with van der Waals surface area (Å²) in [4.78, 5) is 15.0. The van der Waals surface area contributed by atoms with Crippen molar-refractivity contribution < 1.29 is 9.18 Å². The van der Waals surface area contributed by atoms with E-state index in [0.717, 1.165) is 12.1 Å². The Morgan fingerprint density at radius 3 is 2.95 bits per heavy atom. The Balaban J connectivity index is 1.89. The molecule has 1 fully saturated rings. The molecule has 0 spiro atoms. The first-order valence-electron chi connectivity index (χ1n) is 6.67. The van der Waals surface area contributed by atoms with Crippen molar-refractivity contribution in [2.24, 2.45) is 0 Å². The van der Waals surface area contributed by atoms with Gasteiger partial charge in [-0.05, 0) is 29.8 Å². The van der Waals surface area contributed by atoms with Crippen molar-refractivity contribution in [2.75, 3.05) is 19.6 Å². The van der Waals surface area contributed by atoms with Gasteiger partial charge in [0.15, 0.2) is 0 Å². The number of halogens is 2. The van der Waals surface area contributed by atoms with Crippen LogP contribution in [-0.4, -0.2) is 30.4 Å². The topological polar surface area (TPSA) is 32.3 Å². The number of benzene rings is 1. The minimum absolute atomic E-state index is 0.0531. The molecule has 1 N–H and O–H groups in total. The van der Waals surface area contributed by atoms with Gasteiger partial charge >= 0.3 is 0 Å². The van der Waals surface area contributed by atoms with E-state index in [0.29, 0.717) is 22.3 Å². The van der Waals surface area contributed by atoms with Crippen molar-refractivity contribution in [1.82, 2.24) is 10.2 Å². The Kier molecular flexibility index (Phi) is 4.24. The van der Waals surface area contributed by atoms with Crippen LogP contribution in [0.2, 0.25) is 4.34 Å². The van der Waals surface area contributed by atoms with Gasteiger partial charge in [-0.15, -0.1) is 11.3 Å². The zero-order valence-electron chi connectivity index (χ0n) is 11.2. The maximum absolute atomic E-state index is 13.4. The highest BCUT2D eigenvalue weighted by molar-refractivity contribution is 7.17. The van der Waals surface area contributed by atoms with Gasteiger partial charge in [-0.2, -0.15) is 0 Å². The molecule has 3 nitrogen and oxygen atoms in total. The molecular weight excluding hydrogens is 311 g/mol. The second kappa shape index (κ2) is 6.13. The van der Waals surface area contributed by atoms with Gasteiger partial charge in [-0.1, -0.05) is 23.7 Å². The summed E-state index contributed by atoms with van der Waals surface area (Å²) >= 11 is 7.17. The van der Waals surface area contributed by atoms with Crippen LogP contribution in [0.15, 0.2) is 36.4 Å². The van der Waals surface area contributed by atoms with Crippen molar-refractivity contribution in [3.63, 3.8) is 0 Å². The van der Waals surface area contributed by atoms with Crippen LogP contribution >= 0.6 is 22.9 Å². The Morgan fingerprint density at radius 1 is 1.38 bits per heavy atom. The second-order valence-electron chi connectivity index (χ2n) is 4.88. The molecule has 110 valence electrons. The van der Waals surface area contributed by atoms with E-state index in [4.69, 9.17) is 11.6 Å². The van der Waals surface area contributed by atoms with Gasteiger partial charge in [0.25, 0.3) is 5.91 Å². The first-order valence-corrected chi connectivity index (χ1v) is 7.87. The Morgan fingerprint density at radius 2 is 2.24 bits per heavy atom. The third-order valence-corrected chi connectivity index (χ3v) is 4.74. The van der Waals surface area contributed by atoms with Crippen LogP contribution in [0.4, 0.5) is 4.39 Å². The summed E-state index contributed by atoms with van der Waals surface area (Å²) in [5, 5.41) is 3.26. The minimum atomic E-state index is -0.287. The van der Waals surface area contributed by atoms with E-state index in [2.05, 4.69) is 5.32 Å². The molecule has 1 atom stereocenters. The molecular formula is C15H14ClFN2OS. The zero-order chi connectivity index (χ0) is 14.8. The lowest BCUT2D eigenvalue weighted by molar-refractivity contribution is 0.0639. The summed E-state index contributed by atoms with van der Waals surface area (Å²) in [6.07, 6.45) is 0. The van der Waals surface area contributed by atoms with Crippen molar-refractivity contribution >= 4 is 28.8 Å². The zero-order valence-corrected chi connectivity index (χ0v) is 12.8. The summed E-state index contributed by atoms with van der Waals surface area (Å²) < 4.78 is 14.0. The second-order valence-corrected chi connectivity index (χ2v) is 6.59. The van der Waals surface area contributed by atoms with Gasteiger partial charge in [-0.3, -0.25) is 4.79 Å².